The number of hydrogen-bond acceptors (Lipinski definition) is 4. The van der Waals surface area contributed by atoms with E-state index >= 15 is 0 Å². The van der Waals surface area contributed by atoms with Crippen molar-refractivity contribution in [1.82, 2.24) is 30.0 Å². The maximum Gasteiger partial charge on any atom is 0.237 e. The summed E-state index contributed by atoms with van der Waals surface area (Å²) in [6, 6.07) is 26.8. The number of H-pyrrole nitrogens is 2. The molecular weight excluding hydrogens is 522 g/mol. The van der Waals surface area contributed by atoms with Crippen molar-refractivity contribution in [2.75, 3.05) is 0 Å². The molecule has 0 radical (unpaired) electrons. The molecule has 0 aliphatic rings. The summed E-state index contributed by atoms with van der Waals surface area (Å²) in [5, 5.41) is 15.4. The topological polar surface area (TPSA) is 117 Å². The highest BCUT2D eigenvalue weighted by molar-refractivity contribution is 5.84. The van der Waals surface area contributed by atoms with Crippen molar-refractivity contribution < 1.29 is 4.79 Å². The van der Waals surface area contributed by atoms with Crippen LogP contribution in [0.4, 0.5) is 0 Å². The Kier molecular flexibility index (Phi) is 7.63. The third-order valence-corrected chi connectivity index (χ3v) is 8.18. The van der Waals surface area contributed by atoms with Crippen LogP contribution >= 0.6 is 0 Å². The van der Waals surface area contributed by atoms with Crippen LogP contribution in [-0.2, 0) is 37.0 Å². The SMILES string of the molecule is CC(C)(NC(Cc1c[nH]c2ccccc12)c1nnc(CCc2c[nH]c3ccccc23)n1CCc1ccccc1)C(N)=O. The zero-order chi connectivity index (χ0) is 29.1. The average molecular weight is 560 g/mol. The minimum Gasteiger partial charge on any atom is -0.368 e. The Hall–Kier alpha value is -4.69. The molecule has 8 nitrogen and oxygen atoms in total. The summed E-state index contributed by atoms with van der Waals surface area (Å²) in [4.78, 5) is 19.2. The standard InChI is InChI=1S/C34H37N7O/c1-34(2,33(35)42)38-30(20-25-22-37-29-15-9-7-13-27(25)29)32-40-39-31(41(32)19-18-23-10-4-3-5-11-23)17-16-24-21-36-28-14-8-6-12-26(24)28/h3-15,21-22,30,36-38H,16-20H2,1-2H3,(H2,35,42). The van der Waals surface area contributed by atoms with Gasteiger partial charge in [-0.2, -0.15) is 0 Å². The summed E-state index contributed by atoms with van der Waals surface area (Å²) in [6.07, 6.45) is 7.16. The molecule has 0 aliphatic carbocycles. The number of carbonyl (C=O) groups is 1. The van der Waals surface area contributed by atoms with Gasteiger partial charge in [-0.15, -0.1) is 10.2 Å². The molecule has 42 heavy (non-hydrogen) atoms. The van der Waals surface area contributed by atoms with Gasteiger partial charge in [0.1, 0.15) is 5.82 Å². The number of para-hydroxylation sites is 2. The molecule has 0 aliphatic heterocycles. The molecule has 5 N–H and O–H groups in total. The average Bonchev–Trinajstić information content (AvgIpc) is 3.72. The maximum absolute atomic E-state index is 12.5. The number of primary amides is 1. The van der Waals surface area contributed by atoms with E-state index in [1.807, 2.05) is 44.3 Å². The van der Waals surface area contributed by atoms with E-state index in [1.54, 1.807) is 0 Å². The Morgan fingerprint density at radius 3 is 2.14 bits per heavy atom. The van der Waals surface area contributed by atoms with Crippen molar-refractivity contribution >= 4 is 27.7 Å². The molecule has 1 atom stereocenters. The Morgan fingerprint density at radius 1 is 0.833 bits per heavy atom. The van der Waals surface area contributed by atoms with E-state index in [0.717, 1.165) is 59.4 Å². The number of benzene rings is 3. The van der Waals surface area contributed by atoms with Gasteiger partial charge in [0, 0.05) is 47.2 Å². The van der Waals surface area contributed by atoms with Gasteiger partial charge in [0.25, 0.3) is 0 Å². The summed E-state index contributed by atoms with van der Waals surface area (Å²) in [7, 11) is 0. The fourth-order valence-corrected chi connectivity index (χ4v) is 5.74. The predicted molar refractivity (Wildman–Crippen MR) is 167 cm³/mol. The Labute approximate surface area is 245 Å². The van der Waals surface area contributed by atoms with Gasteiger partial charge < -0.3 is 20.3 Å². The van der Waals surface area contributed by atoms with Crippen LogP contribution in [0.15, 0.2) is 91.3 Å². The van der Waals surface area contributed by atoms with Crippen LogP contribution in [0.1, 0.15) is 48.2 Å². The first kappa shape index (κ1) is 27.5. The summed E-state index contributed by atoms with van der Waals surface area (Å²) in [6.45, 7) is 4.36. The van der Waals surface area contributed by atoms with Gasteiger partial charge in [0.2, 0.25) is 5.91 Å². The van der Waals surface area contributed by atoms with E-state index in [4.69, 9.17) is 15.9 Å². The molecule has 0 spiro atoms. The van der Waals surface area contributed by atoms with Crippen molar-refractivity contribution in [3.8, 4) is 0 Å². The molecule has 0 saturated heterocycles. The Bertz CT molecular complexity index is 1810. The van der Waals surface area contributed by atoms with Crippen molar-refractivity contribution in [3.05, 3.63) is 120 Å². The van der Waals surface area contributed by atoms with Gasteiger partial charge in [-0.25, -0.2) is 0 Å². The summed E-state index contributed by atoms with van der Waals surface area (Å²) < 4.78 is 2.24. The predicted octanol–water partition coefficient (Wildman–Crippen LogP) is 5.41. The van der Waals surface area contributed by atoms with E-state index in [1.165, 1.54) is 16.5 Å². The molecule has 3 aromatic carbocycles. The molecule has 1 amide bonds. The van der Waals surface area contributed by atoms with Crippen molar-refractivity contribution in [2.45, 2.75) is 57.7 Å². The third kappa shape index (κ3) is 5.71. The Morgan fingerprint density at radius 2 is 1.45 bits per heavy atom. The second-order valence-electron chi connectivity index (χ2n) is 11.5. The Balaban J connectivity index is 1.36. The molecule has 3 heterocycles. The molecule has 1 unspecified atom stereocenters. The van der Waals surface area contributed by atoms with Crippen molar-refractivity contribution in [1.29, 1.82) is 0 Å². The number of aryl methyl sites for hydroxylation is 3. The first-order valence-electron chi connectivity index (χ1n) is 14.5. The summed E-state index contributed by atoms with van der Waals surface area (Å²) in [5.74, 6) is 1.31. The quantitative estimate of drug-likeness (QED) is 0.160. The van der Waals surface area contributed by atoms with E-state index in [-0.39, 0.29) is 6.04 Å². The zero-order valence-electron chi connectivity index (χ0n) is 24.1. The van der Waals surface area contributed by atoms with Crippen LogP contribution in [0.25, 0.3) is 21.8 Å². The number of aromatic amines is 2. The lowest BCUT2D eigenvalue weighted by Crippen LogP contribution is -2.52. The third-order valence-electron chi connectivity index (χ3n) is 8.18. The highest BCUT2D eigenvalue weighted by atomic mass is 16.1. The van der Waals surface area contributed by atoms with Gasteiger partial charge in [0.15, 0.2) is 5.82 Å². The molecule has 3 aromatic heterocycles. The van der Waals surface area contributed by atoms with E-state index in [9.17, 15) is 4.79 Å². The van der Waals surface area contributed by atoms with Crippen LogP contribution < -0.4 is 11.1 Å². The highest BCUT2D eigenvalue weighted by Crippen LogP contribution is 2.27. The molecule has 6 aromatic rings. The van der Waals surface area contributed by atoms with Crippen LogP contribution in [0.2, 0.25) is 0 Å². The fraction of sp³-hybridized carbons (Fsp3) is 0.265. The molecule has 0 saturated carbocycles. The fourth-order valence-electron chi connectivity index (χ4n) is 5.74. The number of hydrogen-bond donors (Lipinski definition) is 4. The number of amides is 1. The van der Waals surface area contributed by atoms with Gasteiger partial charge in [0.05, 0.1) is 11.6 Å². The van der Waals surface area contributed by atoms with Crippen LogP contribution in [0, 0.1) is 0 Å². The van der Waals surface area contributed by atoms with Gasteiger partial charge >= 0.3 is 0 Å². The molecule has 0 bridgehead atoms. The smallest absolute Gasteiger partial charge is 0.237 e. The number of aromatic nitrogens is 5. The number of nitrogens with zero attached hydrogens (tertiary/aromatic N) is 3. The monoisotopic (exact) mass is 559 g/mol. The number of nitrogens with one attached hydrogen (secondary N) is 3. The summed E-state index contributed by atoms with van der Waals surface area (Å²) >= 11 is 0. The number of nitrogens with two attached hydrogens (primary N) is 1. The number of rotatable bonds is 12. The molecule has 214 valence electrons. The van der Waals surface area contributed by atoms with Gasteiger partial charge in [-0.3, -0.25) is 10.1 Å². The zero-order valence-corrected chi connectivity index (χ0v) is 24.1. The molecule has 0 fully saturated rings. The first-order chi connectivity index (χ1) is 20.4. The van der Waals surface area contributed by atoms with Crippen LogP contribution in [0.3, 0.4) is 0 Å². The minimum atomic E-state index is -0.947. The van der Waals surface area contributed by atoms with Gasteiger partial charge in [-0.1, -0.05) is 66.7 Å². The molecule has 8 heteroatoms. The highest BCUT2D eigenvalue weighted by Gasteiger charge is 2.32. The van der Waals surface area contributed by atoms with E-state index in [0.29, 0.717) is 6.42 Å². The van der Waals surface area contributed by atoms with Gasteiger partial charge in [-0.05, 0) is 61.9 Å². The second-order valence-corrected chi connectivity index (χ2v) is 11.5. The largest absolute Gasteiger partial charge is 0.368 e. The van der Waals surface area contributed by atoms with E-state index < -0.39 is 11.4 Å². The van der Waals surface area contributed by atoms with Crippen LogP contribution in [-0.4, -0.2) is 36.2 Å². The number of carbonyl (C=O) groups excluding carboxylic acids is 1. The lowest BCUT2D eigenvalue weighted by atomic mass is 9.98. The van der Waals surface area contributed by atoms with Crippen molar-refractivity contribution in [3.63, 3.8) is 0 Å². The second kappa shape index (κ2) is 11.7. The van der Waals surface area contributed by atoms with Crippen molar-refractivity contribution in [2.24, 2.45) is 5.73 Å². The lowest BCUT2D eigenvalue weighted by molar-refractivity contribution is -0.123. The number of fused-ring (bicyclic) bond motifs is 2. The normalized spacial score (nSPS) is 12.7. The lowest BCUT2D eigenvalue weighted by Gasteiger charge is -2.29. The summed E-state index contributed by atoms with van der Waals surface area (Å²) in [5.41, 5.74) is 10.7. The van der Waals surface area contributed by atoms with E-state index in [2.05, 4.69) is 80.6 Å². The maximum atomic E-state index is 12.5. The minimum absolute atomic E-state index is 0.295. The molecular formula is C34H37N7O. The van der Waals surface area contributed by atoms with Crippen LogP contribution in [0.5, 0.6) is 0 Å². The first-order valence-corrected chi connectivity index (χ1v) is 14.5. The molecule has 6 rings (SSSR count).